The number of amides is 1. The smallest absolute Gasteiger partial charge is 0.221 e. The Bertz CT molecular complexity index is 372. The maximum absolute atomic E-state index is 11.4. The lowest BCUT2D eigenvalue weighted by Crippen LogP contribution is -2.27. The highest BCUT2D eigenvalue weighted by Crippen LogP contribution is 2.18. The van der Waals surface area contributed by atoms with Crippen molar-refractivity contribution in [2.45, 2.75) is 32.2 Å². The highest BCUT2D eigenvalue weighted by Gasteiger charge is 2.22. The Hall–Kier alpha value is -1.51. The zero-order chi connectivity index (χ0) is 11.4. The first-order chi connectivity index (χ1) is 7.75. The monoisotopic (exact) mass is 218 g/mol. The van der Waals surface area contributed by atoms with Gasteiger partial charge in [0.15, 0.2) is 0 Å². The summed E-state index contributed by atoms with van der Waals surface area (Å²) in [6.45, 7) is 2.76. The summed E-state index contributed by atoms with van der Waals surface area (Å²) in [7, 11) is 0. The van der Waals surface area contributed by atoms with E-state index >= 15 is 0 Å². The first-order valence-electron chi connectivity index (χ1n) is 5.84. The van der Waals surface area contributed by atoms with Crippen LogP contribution in [0.25, 0.3) is 0 Å². The number of aryl methyl sites for hydroxylation is 1. The van der Waals surface area contributed by atoms with Crippen molar-refractivity contribution in [2.24, 2.45) is 0 Å². The zero-order valence-electron chi connectivity index (χ0n) is 9.62. The van der Waals surface area contributed by atoms with E-state index in [0.717, 1.165) is 18.5 Å². The first kappa shape index (κ1) is 11.0. The highest BCUT2D eigenvalue weighted by atomic mass is 16.1. The van der Waals surface area contributed by atoms with Gasteiger partial charge in [0, 0.05) is 24.7 Å². The van der Waals surface area contributed by atoms with Crippen molar-refractivity contribution in [3.8, 4) is 0 Å². The van der Waals surface area contributed by atoms with E-state index < -0.39 is 0 Å². The van der Waals surface area contributed by atoms with Gasteiger partial charge in [-0.1, -0.05) is 18.2 Å². The number of hydrogen-bond donors (Lipinski definition) is 2. The predicted octanol–water partition coefficient (Wildman–Crippen LogP) is 2.08. The number of anilines is 1. The molecule has 3 heteroatoms. The molecule has 2 N–H and O–H groups in total. The molecule has 1 aliphatic carbocycles. The summed E-state index contributed by atoms with van der Waals surface area (Å²) in [5.74, 6) is 0.156. The molecule has 0 unspecified atom stereocenters. The van der Waals surface area contributed by atoms with Crippen LogP contribution in [0.2, 0.25) is 0 Å². The van der Waals surface area contributed by atoms with Crippen LogP contribution in [-0.4, -0.2) is 18.5 Å². The number of carbonyl (C=O) groups excluding carboxylic acids is 1. The standard InChI is InChI=1S/C13H18N2O/c1-10-4-2-3-5-12(10)14-9-8-13(16)15-11-6-7-11/h2-5,11,14H,6-9H2,1H3,(H,15,16). The Morgan fingerprint density at radius 1 is 1.38 bits per heavy atom. The summed E-state index contributed by atoms with van der Waals surface area (Å²) >= 11 is 0. The maximum atomic E-state index is 11.4. The van der Waals surface area contributed by atoms with Gasteiger partial charge >= 0.3 is 0 Å². The van der Waals surface area contributed by atoms with Gasteiger partial charge in [-0.3, -0.25) is 4.79 Å². The van der Waals surface area contributed by atoms with E-state index in [0.29, 0.717) is 19.0 Å². The molecule has 1 aromatic carbocycles. The van der Waals surface area contributed by atoms with Crippen LogP contribution in [0.15, 0.2) is 24.3 Å². The molecule has 1 saturated carbocycles. The summed E-state index contributed by atoms with van der Waals surface area (Å²) in [5.41, 5.74) is 2.33. The fourth-order valence-electron chi connectivity index (χ4n) is 1.61. The summed E-state index contributed by atoms with van der Waals surface area (Å²) in [6, 6.07) is 8.58. The molecule has 86 valence electrons. The summed E-state index contributed by atoms with van der Waals surface area (Å²) < 4.78 is 0. The molecule has 0 bridgehead atoms. The van der Waals surface area contributed by atoms with Crippen molar-refractivity contribution in [1.82, 2.24) is 5.32 Å². The van der Waals surface area contributed by atoms with Crippen molar-refractivity contribution < 1.29 is 4.79 Å². The van der Waals surface area contributed by atoms with Crippen LogP contribution in [0.4, 0.5) is 5.69 Å². The van der Waals surface area contributed by atoms with E-state index in [1.165, 1.54) is 5.56 Å². The lowest BCUT2D eigenvalue weighted by atomic mass is 10.2. The molecule has 2 rings (SSSR count). The molecule has 0 radical (unpaired) electrons. The van der Waals surface area contributed by atoms with Crippen molar-refractivity contribution in [3.05, 3.63) is 29.8 Å². The number of nitrogens with one attached hydrogen (secondary N) is 2. The first-order valence-corrected chi connectivity index (χ1v) is 5.84. The molecule has 0 saturated heterocycles. The second kappa shape index (κ2) is 5.01. The second-order valence-corrected chi connectivity index (χ2v) is 4.33. The third-order valence-corrected chi connectivity index (χ3v) is 2.76. The Kier molecular flexibility index (Phi) is 3.44. The van der Waals surface area contributed by atoms with E-state index in [1.807, 2.05) is 18.2 Å². The molecule has 1 aliphatic rings. The van der Waals surface area contributed by atoms with Gasteiger partial charge in [-0.05, 0) is 31.4 Å². The molecule has 3 nitrogen and oxygen atoms in total. The van der Waals surface area contributed by atoms with Gasteiger partial charge in [-0.15, -0.1) is 0 Å². The van der Waals surface area contributed by atoms with Crippen LogP contribution < -0.4 is 10.6 Å². The normalized spacial score (nSPS) is 14.6. The molecule has 0 aromatic heterocycles. The number of benzene rings is 1. The van der Waals surface area contributed by atoms with E-state index in [2.05, 4.69) is 23.6 Å². The van der Waals surface area contributed by atoms with E-state index in [4.69, 9.17) is 0 Å². The average molecular weight is 218 g/mol. The molecule has 0 aliphatic heterocycles. The van der Waals surface area contributed by atoms with Crippen LogP contribution in [0.5, 0.6) is 0 Å². The van der Waals surface area contributed by atoms with Gasteiger partial charge in [0.25, 0.3) is 0 Å². The van der Waals surface area contributed by atoms with Gasteiger partial charge in [0.1, 0.15) is 0 Å². The van der Waals surface area contributed by atoms with E-state index in [-0.39, 0.29) is 5.91 Å². The summed E-state index contributed by atoms with van der Waals surface area (Å²) in [5, 5.41) is 6.25. The highest BCUT2D eigenvalue weighted by molar-refractivity contribution is 5.77. The summed E-state index contributed by atoms with van der Waals surface area (Å²) in [6.07, 6.45) is 2.85. The van der Waals surface area contributed by atoms with Gasteiger partial charge in [0.05, 0.1) is 0 Å². The van der Waals surface area contributed by atoms with Gasteiger partial charge in [-0.25, -0.2) is 0 Å². The maximum Gasteiger partial charge on any atom is 0.221 e. The predicted molar refractivity (Wildman–Crippen MR) is 65.5 cm³/mol. The number of para-hydroxylation sites is 1. The van der Waals surface area contributed by atoms with Crippen molar-refractivity contribution in [3.63, 3.8) is 0 Å². The largest absolute Gasteiger partial charge is 0.384 e. The molecule has 0 heterocycles. The second-order valence-electron chi connectivity index (χ2n) is 4.33. The SMILES string of the molecule is Cc1ccccc1NCCC(=O)NC1CC1. The van der Waals surface area contributed by atoms with Crippen LogP contribution in [0.3, 0.4) is 0 Å². The quantitative estimate of drug-likeness (QED) is 0.794. The summed E-state index contributed by atoms with van der Waals surface area (Å²) in [4.78, 5) is 11.4. The fraction of sp³-hybridized carbons (Fsp3) is 0.462. The van der Waals surface area contributed by atoms with Gasteiger partial charge < -0.3 is 10.6 Å². The van der Waals surface area contributed by atoms with Crippen molar-refractivity contribution in [1.29, 1.82) is 0 Å². The molecule has 0 atom stereocenters. The minimum Gasteiger partial charge on any atom is -0.384 e. The van der Waals surface area contributed by atoms with Crippen LogP contribution in [0, 0.1) is 6.92 Å². The molecule has 0 spiro atoms. The lowest BCUT2D eigenvalue weighted by molar-refractivity contribution is -0.120. The van der Waals surface area contributed by atoms with Crippen LogP contribution in [-0.2, 0) is 4.79 Å². The fourth-order valence-corrected chi connectivity index (χ4v) is 1.61. The van der Waals surface area contributed by atoms with Gasteiger partial charge in [-0.2, -0.15) is 0 Å². The molecular formula is C13H18N2O. The number of rotatable bonds is 5. The molecule has 16 heavy (non-hydrogen) atoms. The number of hydrogen-bond acceptors (Lipinski definition) is 2. The lowest BCUT2D eigenvalue weighted by Gasteiger charge is -2.09. The third kappa shape index (κ3) is 3.26. The Labute approximate surface area is 96.2 Å². The number of carbonyl (C=O) groups is 1. The van der Waals surface area contributed by atoms with Crippen molar-refractivity contribution in [2.75, 3.05) is 11.9 Å². The Balaban J connectivity index is 1.70. The Morgan fingerprint density at radius 2 is 2.12 bits per heavy atom. The van der Waals surface area contributed by atoms with Gasteiger partial charge in [0.2, 0.25) is 5.91 Å². The zero-order valence-corrected chi connectivity index (χ0v) is 9.62. The third-order valence-electron chi connectivity index (χ3n) is 2.76. The van der Waals surface area contributed by atoms with E-state index in [9.17, 15) is 4.79 Å². The molecule has 1 amide bonds. The van der Waals surface area contributed by atoms with Crippen LogP contribution in [0.1, 0.15) is 24.8 Å². The average Bonchev–Trinajstić information content (AvgIpc) is 3.05. The topological polar surface area (TPSA) is 41.1 Å². The van der Waals surface area contributed by atoms with Crippen LogP contribution >= 0.6 is 0 Å². The molecular weight excluding hydrogens is 200 g/mol. The minimum atomic E-state index is 0.156. The molecule has 1 fully saturated rings. The van der Waals surface area contributed by atoms with Crippen molar-refractivity contribution >= 4 is 11.6 Å². The van der Waals surface area contributed by atoms with E-state index in [1.54, 1.807) is 0 Å². The Morgan fingerprint density at radius 3 is 2.81 bits per heavy atom. The minimum absolute atomic E-state index is 0.156. The molecule has 1 aromatic rings.